The molecule has 1 aromatic rings. The second kappa shape index (κ2) is 6.82. The maximum atomic E-state index is 12.6. The Morgan fingerprint density at radius 2 is 1.86 bits per heavy atom. The number of morpholine rings is 1. The lowest BCUT2D eigenvalue weighted by Crippen LogP contribution is -2.48. The highest BCUT2D eigenvalue weighted by Gasteiger charge is 2.27. The van der Waals surface area contributed by atoms with Gasteiger partial charge in [0.05, 0.1) is 24.3 Å². The molecule has 2 heterocycles. The fourth-order valence-corrected chi connectivity index (χ4v) is 3.16. The number of hydrogen-bond acceptors (Lipinski definition) is 3. The van der Waals surface area contributed by atoms with Crippen LogP contribution < -0.4 is 0 Å². The quantitative estimate of drug-likeness (QED) is 0.858. The van der Waals surface area contributed by atoms with E-state index in [4.69, 9.17) is 4.74 Å². The molecule has 0 aliphatic carbocycles. The molecule has 0 saturated carbocycles. The third-order valence-corrected chi connectivity index (χ3v) is 4.17. The summed E-state index contributed by atoms with van der Waals surface area (Å²) in [5, 5.41) is 4.60. The Bertz CT molecular complexity index is 526. The Morgan fingerprint density at radius 1 is 1.27 bits per heavy atom. The van der Waals surface area contributed by atoms with Crippen molar-refractivity contribution in [3.8, 4) is 0 Å². The van der Waals surface area contributed by atoms with Crippen molar-refractivity contribution in [1.29, 1.82) is 0 Å². The van der Waals surface area contributed by atoms with Crippen molar-refractivity contribution in [3.63, 3.8) is 0 Å². The summed E-state index contributed by atoms with van der Waals surface area (Å²) < 4.78 is 7.74. The van der Waals surface area contributed by atoms with Crippen LogP contribution in [0.1, 0.15) is 44.6 Å². The van der Waals surface area contributed by atoms with Gasteiger partial charge < -0.3 is 9.64 Å². The number of nitrogens with zero attached hydrogens (tertiary/aromatic N) is 3. The van der Waals surface area contributed by atoms with E-state index in [-0.39, 0.29) is 18.1 Å². The lowest BCUT2D eigenvalue weighted by atomic mass is 10.1. The number of rotatable bonds is 4. The molecule has 1 saturated heterocycles. The molecule has 1 aromatic heterocycles. The van der Waals surface area contributed by atoms with Crippen molar-refractivity contribution in [3.05, 3.63) is 17.0 Å². The zero-order valence-corrected chi connectivity index (χ0v) is 14.7. The number of ether oxygens (including phenoxy) is 1. The smallest absolute Gasteiger partial charge is 0.227 e. The van der Waals surface area contributed by atoms with Crippen molar-refractivity contribution >= 4 is 5.91 Å². The number of aryl methyl sites for hydroxylation is 1. The lowest BCUT2D eigenvalue weighted by molar-refractivity contribution is -0.142. The van der Waals surface area contributed by atoms with Gasteiger partial charge in [0.2, 0.25) is 5.91 Å². The molecule has 0 radical (unpaired) electrons. The first-order valence-corrected chi connectivity index (χ1v) is 8.24. The van der Waals surface area contributed by atoms with E-state index in [1.807, 2.05) is 30.4 Å². The lowest BCUT2D eigenvalue weighted by Gasteiger charge is -2.35. The highest BCUT2D eigenvalue weighted by molar-refractivity contribution is 5.79. The van der Waals surface area contributed by atoms with Gasteiger partial charge in [-0.2, -0.15) is 5.10 Å². The SMILES string of the molecule is Cc1nn(CC(C)C)c(C)c1CC(=O)N1CC(C)OC(C)C1. The Morgan fingerprint density at radius 3 is 2.41 bits per heavy atom. The number of carbonyl (C=O) groups is 1. The van der Waals surface area contributed by atoms with Crippen LogP contribution in [0.5, 0.6) is 0 Å². The minimum Gasteiger partial charge on any atom is -0.372 e. The second-order valence-electron chi connectivity index (χ2n) is 6.96. The van der Waals surface area contributed by atoms with E-state index < -0.39 is 0 Å². The van der Waals surface area contributed by atoms with Crippen LogP contribution in [0, 0.1) is 19.8 Å². The van der Waals surface area contributed by atoms with Gasteiger partial charge in [0, 0.05) is 30.9 Å². The van der Waals surface area contributed by atoms with Crippen LogP contribution in [-0.4, -0.2) is 45.9 Å². The van der Waals surface area contributed by atoms with Gasteiger partial charge in [-0.05, 0) is 33.6 Å². The molecule has 1 aliphatic rings. The van der Waals surface area contributed by atoms with E-state index in [1.165, 1.54) is 0 Å². The van der Waals surface area contributed by atoms with Crippen molar-refractivity contribution in [2.24, 2.45) is 5.92 Å². The second-order valence-corrected chi connectivity index (χ2v) is 6.96. The number of hydrogen-bond donors (Lipinski definition) is 0. The number of carbonyl (C=O) groups excluding carboxylic acids is 1. The van der Waals surface area contributed by atoms with Crippen LogP contribution in [0.3, 0.4) is 0 Å². The zero-order chi connectivity index (χ0) is 16.4. The molecule has 0 aromatic carbocycles. The van der Waals surface area contributed by atoms with Crippen LogP contribution in [0.25, 0.3) is 0 Å². The Labute approximate surface area is 133 Å². The molecule has 1 amide bonds. The Hall–Kier alpha value is -1.36. The molecule has 124 valence electrons. The minimum absolute atomic E-state index is 0.110. The summed E-state index contributed by atoms with van der Waals surface area (Å²) in [6.07, 6.45) is 0.659. The fraction of sp³-hybridized carbons (Fsp3) is 0.765. The fourth-order valence-electron chi connectivity index (χ4n) is 3.16. The summed E-state index contributed by atoms with van der Waals surface area (Å²) in [5.74, 6) is 0.722. The summed E-state index contributed by atoms with van der Waals surface area (Å²) in [4.78, 5) is 14.6. The average molecular weight is 307 g/mol. The third kappa shape index (κ3) is 3.88. The topological polar surface area (TPSA) is 47.4 Å². The molecular weight excluding hydrogens is 278 g/mol. The van der Waals surface area contributed by atoms with Crippen molar-refractivity contribution < 1.29 is 9.53 Å². The summed E-state index contributed by atoms with van der Waals surface area (Å²) in [6.45, 7) is 14.7. The number of aromatic nitrogens is 2. The van der Waals surface area contributed by atoms with Gasteiger partial charge in [-0.3, -0.25) is 9.48 Å². The first kappa shape index (κ1) is 17.0. The highest BCUT2D eigenvalue weighted by Crippen LogP contribution is 2.18. The first-order valence-electron chi connectivity index (χ1n) is 8.24. The monoisotopic (exact) mass is 307 g/mol. The summed E-state index contributed by atoms with van der Waals surface area (Å²) in [6, 6.07) is 0. The predicted octanol–water partition coefficient (Wildman–Crippen LogP) is 2.33. The molecule has 2 atom stereocenters. The van der Waals surface area contributed by atoms with Gasteiger partial charge >= 0.3 is 0 Å². The predicted molar refractivity (Wildman–Crippen MR) is 86.8 cm³/mol. The summed E-state index contributed by atoms with van der Waals surface area (Å²) in [5.41, 5.74) is 3.17. The average Bonchev–Trinajstić information content (AvgIpc) is 2.64. The van der Waals surface area contributed by atoms with Crippen LogP contribution in [-0.2, 0) is 22.5 Å². The largest absolute Gasteiger partial charge is 0.372 e. The van der Waals surface area contributed by atoms with Gasteiger partial charge in [-0.15, -0.1) is 0 Å². The van der Waals surface area contributed by atoms with Crippen molar-refractivity contribution in [2.45, 2.75) is 66.7 Å². The standard InChI is InChI=1S/C17H29N3O2/c1-11(2)8-20-15(6)16(14(5)18-20)7-17(21)19-9-12(3)22-13(4)10-19/h11-13H,7-10H2,1-6H3. The minimum atomic E-state index is 0.110. The van der Waals surface area contributed by atoms with E-state index in [0.29, 0.717) is 25.4 Å². The molecule has 0 spiro atoms. The molecule has 2 rings (SSSR count). The maximum absolute atomic E-state index is 12.6. The summed E-state index contributed by atoms with van der Waals surface area (Å²) >= 11 is 0. The van der Waals surface area contributed by atoms with Gasteiger partial charge in [0.25, 0.3) is 0 Å². The molecule has 5 heteroatoms. The van der Waals surface area contributed by atoms with E-state index >= 15 is 0 Å². The molecule has 0 bridgehead atoms. The number of amides is 1. The highest BCUT2D eigenvalue weighted by atomic mass is 16.5. The zero-order valence-electron chi connectivity index (χ0n) is 14.7. The Kier molecular flexibility index (Phi) is 5.27. The molecule has 1 aliphatic heterocycles. The third-order valence-electron chi connectivity index (χ3n) is 4.17. The van der Waals surface area contributed by atoms with E-state index in [0.717, 1.165) is 23.5 Å². The van der Waals surface area contributed by atoms with Gasteiger partial charge in [-0.25, -0.2) is 0 Å². The maximum Gasteiger partial charge on any atom is 0.227 e. The van der Waals surface area contributed by atoms with Gasteiger partial charge in [0.15, 0.2) is 0 Å². The first-order chi connectivity index (χ1) is 10.3. The molecule has 5 nitrogen and oxygen atoms in total. The molecule has 22 heavy (non-hydrogen) atoms. The molecule has 0 N–H and O–H groups in total. The molecule has 1 fully saturated rings. The normalized spacial score (nSPS) is 22.4. The van der Waals surface area contributed by atoms with Gasteiger partial charge in [0.1, 0.15) is 0 Å². The van der Waals surface area contributed by atoms with Crippen molar-refractivity contribution in [2.75, 3.05) is 13.1 Å². The van der Waals surface area contributed by atoms with Crippen LogP contribution >= 0.6 is 0 Å². The Balaban J connectivity index is 2.10. The summed E-state index contributed by atoms with van der Waals surface area (Å²) in [7, 11) is 0. The van der Waals surface area contributed by atoms with Crippen LogP contribution in [0.15, 0.2) is 0 Å². The van der Waals surface area contributed by atoms with E-state index in [2.05, 4.69) is 25.9 Å². The van der Waals surface area contributed by atoms with Gasteiger partial charge in [-0.1, -0.05) is 13.8 Å². The molecule has 2 unspecified atom stereocenters. The molecular formula is C17H29N3O2. The van der Waals surface area contributed by atoms with Crippen molar-refractivity contribution in [1.82, 2.24) is 14.7 Å². The van der Waals surface area contributed by atoms with E-state index in [9.17, 15) is 4.79 Å². The van der Waals surface area contributed by atoms with Crippen LogP contribution in [0.4, 0.5) is 0 Å². The van der Waals surface area contributed by atoms with Crippen LogP contribution in [0.2, 0.25) is 0 Å². The van der Waals surface area contributed by atoms with E-state index in [1.54, 1.807) is 0 Å².